The molecule has 0 unspecified atom stereocenters. The van der Waals surface area contributed by atoms with Crippen molar-refractivity contribution in [2.45, 2.75) is 49.0 Å². The van der Waals surface area contributed by atoms with Crippen molar-refractivity contribution in [2.24, 2.45) is 17.8 Å². The van der Waals surface area contributed by atoms with E-state index in [0.29, 0.717) is 17.8 Å². The fourth-order valence-electron chi connectivity index (χ4n) is 5.37. The quantitative estimate of drug-likeness (QED) is 0.932. The van der Waals surface area contributed by atoms with Gasteiger partial charge in [-0.05, 0) is 68.4 Å². The topological polar surface area (TPSA) is 70.0 Å². The number of nitriles is 1. The maximum atomic E-state index is 12.8. The fourth-order valence-corrected chi connectivity index (χ4v) is 6.96. The van der Waals surface area contributed by atoms with E-state index in [0.717, 1.165) is 19.3 Å². The Morgan fingerprint density at radius 1 is 1.05 bits per heavy atom. The Morgan fingerprint density at radius 3 is 2.14 bits per heavy atom. The molecule has 22 heavy (non-hydrogen) atoms. The highest BCUT2D eigenvalue weighted by atomic mass is 32.2. The lowest BCUT2D eigenvalue weighted by molar-refractivity contribution is -0.00810. The zero-order valence-corrected chi connectivity index (χ0v) is 13.3. The van der Waals surface area contributed by atoms with Gasteiger partial charge in [-0.1, -0.05) is 12.1 Å². The molecule has 116 valence electrons. The van der Waals surface area contributed by atoms with Crippen molar-refractivity contribution in [3.63, 3.8) is 0 Å². The van der Waals surface area contributed by atoms with Crippen LogP contribution in [0.2, 0.25) is 0 Å². The summed E-state index contributed by atoms with van der Waals surface area (Å²) in [5.41, 5.74) is -0.0457. The smallest absolute Gasteiger partial charge is 0.207 e. The third-order valence-corrected chi connectivity index (χ3v) is 7.32. The van der Waals surface area contributed by atoms with Gasteiger partial charge in [-0.2, -0.15) is 5.26 Å². The van der Waals surface area contributed by atoms with Gasteiger partial charge in [0, 0.05) is 5.54 Å². The van der Waals surface area contributed by atoms with Crippen molar-refractivity contribution in [1.29, 1.82) is 5.26 Å². The highest BCUT2D eigenvalue weighted by Crippen LogP contribution is 2.55. The number of nitrogens with zero attached hydrogens (tertiary/aromatic N) is 1. The molecular weight excluding hydrogens is 296 g/mol. The second kappa shape index (κ2) is 4.81. The predicted molar refractivity (Wildman–Crippen MR) is 82.4 cm³/mol. The zero-order chi connectivity index (χ0) is 15.4. The molecule has 5 heteroatoms. The molecule has 4 saturated carbocycles. The highest BCUT2D eigenvalue weighted by Gasteiger charge is 2.52. The summed E-state index contributed by atoms with van der Waals surface area (Å²) in [6.07, 6.45) is 6.72. The first-order valence-electron chi connectivity index (χ1n) is 8.03. The SMILES string of the molecule is N#Cc1ccccc1S(=O)(=O)NC12CC3CC(CC(C3)C1)C2. The first-order chi connectivity index (χ1) is 10.5. The maximum absolute atomic E-state index is 12.8. The summed E-state index contributed by atoms with van der Waals surface area (Å²) in [5, 5.41) is 9.17. The van der Waals surface area contributed by atoms with E-state index in [-0.39, 0.29) is 16.0 Å². The normalized spacial score (nSPS) is 36.2. The van der Waals surface area contributed by atoms with Crippen LogP contribution in [0.3, 0.4) is 0 Å². The largest absolute Gasteiger partial charge is 0.242 e. The third-order valence-electron chi connectivity index (χ3n) is 5.69. The number of nitrogens with one attached hydrogen (secondary N) is 1. The number of benzene rings is 1. The number of hydrogen-bond donors (Lipinski definition) is 1. The van der Waals surface area contributed by atoms with E-state index in [1.807, 2.05) is 6.07 Å². The van der Waals surface area contributed by atoms with Crippen LogP contribution in [0, 0.1) is 29.1 Å². The van der Waals surface area contributed by atoms with E-state index in [4.69, 9.17) is 5.26 Å². The molecule has 0 amide bonds. The minimum atomic E-state index is -3.64. The van der Waals surface area contributed by atoms with Crippen molar-refractivity contribution in [2.75, 3.05) is 0 Å². The van der Waals surface area contributed by atoms with Gasteiger partial charge < -0.3 is 0 Å². The van der Waals surface area contributed by atoms with Crippen LogP contribution >= 0.6 is 0 Å². The Bertz CT molecular complexity index is 713. The Labute approximate surface area is 131 Å². The number of rotatable bonds is 3. The van der Waals surface area contributed by atoms with Gasteiger partial charge in [0.25, 0.3) is 0 Å². The van der Waals surface area contributed by atoms with Gasteiger partial charge in [-0.25, -0.2) is 13.1 Å². The van der Waals surface area contributed by atoms with Crippen LogP contribution in [0.5, 0.6) is 0 Å². The lowest BCUT2D eigenvalue weighted by atomic mass is 9.53. The van der Waals surface area contributed by atoms with Crippen LogP contribution in [-0.4, -0.2) is 14.0 Å². The van der Waals surface area contributed by atoms with Crippen molar-refractivity contribution < 1.29 is 8.42 Å². The summed E-state index contributed by atoms with van der Waals surface area (Å²) in [4.78, 5) is 0.119. The average Bonchev–Trinajstić information content (AvgIpc) is 2.44. The summed E-state index contributed by atoms with van der Waals surface area (Å²) in [6.45, 7) is 0. The summed E-state index contributed by atoms with van der Waals surface area (Å²) in [6, 6.07) is 8.46. The molecule has 0 heterocycles. The first-order valence-corrected chi connectivity index (χ1v) is 9.51. The summed E-state index contributed by atoms with van der Waals surface area (Å²) >= 11 is 0. The molecule has 4 bridgehead atoms. The van der Waals surface area contributed by atoms with Gasteiger partial charge in [-0.15, -0.1) is 0 Å². The molecule has 1 aromatic carbocycles. The molecular formula is C17H20N2O2S. The van der Waals surface area contributed by atoms with Gasteiger partial charge in [0.15, 0.2) is 0 Å². The summed E-state index contributed by atoms with van der Waals surface area (Å²) < 4.78 is 28.7. The van der Waals surface area contributed by atoms with Crippen molar-refractivity contribution in [3.05, 3.63) is 29.8 Å². The van der Waals surface area contributed by atoms with E-state index in [1.165, 1.54) is 25.3 Å². The van der Waals surface area contributed by atoms with E-state index >= 15 is 0 Å². The van der Waals surface area contributed by atoms with Gasteiger partial charge in [-0.3, -0.25) is 0 Å². The van der Waals surface area contributed by atoms with Crippen molar-refractivity contribution in [3.8, 4) is 6.07 Å². The van der Waals surface area contributed by atoms with Gasteiger partial charge in [0.2, 0.25) is 10.0 Å². The molecule has 0 aromatic heterocycles. The van der Waals surface area contributed by atoms with Crippen molar-refractivity contribution >= 4 is 10.0 Å². The van der Waals surface area contributed by atoms with Crippen LogP contribution in [-0.2, 0) is 10.0 Å². The van der Waals surface area contributed by atoms with Crippen LogP contribution < -0.4 is 4.72 Å². The minimum Gasteiger partial charge on any atom is -0.207 e. The van der Waals surface area contributed by atoms with Crippen molar-refractivity contribution in [1.82, 2.24) is 4.72 Å². The molecule has 4 nitrogen and oxygen atoms in total. The second-order valence-corrected chi connectivity index (χ2v) is 9.06. The Kier molecular flexibility index (Phi) is 3.11. The molecule has 0 spiro atoms. The predicted octanol–water partition coefficient (Wildman–Crippen LogP) is 2.81. The maximum Gasteiger partial charge on any atom is 0.242 e. The van der Waals surface area contributed by atoms with E-state index in [9.17, 15) is 8.42 Å². The summed E-state index contributed by atoms with van der Waals surface area (Å²) in [5.74, 6) is 2.04. The van der Waals surface area contributed by atoms with Crippen LogP contribution in [0.4, 0.5) is 0 Å². The Hall–Kier alpha value is -1.38. The molecule has 0 atom stereocenters. The Morgan fingerprint density at radius 2 is 1.59 bits per heavy atom. The molecule has 4 aliphatic carbocycles. The summed E-state index contributed by atoms with van der Waals surface area (Å²) in [7, 11) is -3.64. The van der Waals surface area contributed by atoms with E-state index in [2.05, 4.69) is 4.72 Å². The molecule has 4 fully saturated rings. The average molecular weight is 316 g/mol. The lowest BCUT2D eigenvalue weighted by Gasteiger charge is -2.56. The fraction of sp³-hybridized carbons (Fsp3) is 0.588. The lowest BCUT2D eigenvalue weighted by Crippen LogP contribution is -2.59. The van der Waals surface area contributed by atoms with Gasteiger partial charge in [0.1, 0.15) is 6.07 Å². The van der Waals surface area contributed by atoms with Crippen LogP contribution in [0.1, 0.15) is 44.1 Å². The van der Waals surface area contributed by atoms with Crippen LogP contribution in [0.15, 0.2) is 29.2 Å². The number of sulfonamides is 1. The molecule has 0 radical (unpaired) electrons. The standard InChI is InChI=1S/C17H20N2O2S/c18-11-15-3-1-2-4-16(15)22(20,21)19-17-8-12-5-13(9-17)7-14(6-12)10-17/h1-4,12-14,19H,5-10H2. The van der Waals surface area contributed by atoms with Gasteiger partial charge >= 0.3 is 0 Å². The third kappa shape index (κ3) is 2.26. The van der Waals surface area contributed by atoms with Crippen LogP contribution in [0.25, 0.3) is 0 Å². The molecule has 0 saturated heterocycles. The van der Waals surface area contributed by atoms with Gasteiger partial charge in [0.05, 0.1) is 10.5 Å². The molecule has 4 aliphatic rings. The minimum absolute atomic E-state index is 0.119. The van der Waals surface area contributed by atoms with E-state index < -0.39 is 10.0 Å². The monoisotopic (exact) mass is 316 g/mol. The second-order valence-electron chi connectivity index (χ2n) is 7.41. The first kappa shape index (κ1) is 14.2. The number of hydrogen-bond acceptors (Lipinski definition) is 3. The molecule has 1 aromatic rings. The van der Waals surface area contributed by atoms with E-state index in [1.54, 1.807) is 18.2 Å². The zero-order valence-electron chi connectivity index (χ0n) is 12.5. The molecule has 1 N–H and O–H groups in total. The molecule has 0 aliphatic heterocycles. The Balaban J connectivity index is 1.67. The molecule has 5 rings (SSSR count). The highest BCUT2D eigenvalue weighted by molar-refractivity contribution is 7.89.